The number of aromatic carboxylic acids is 1. The van der Waals surface area contributed by atoms with Crippen molar-refractivity contribution >= 4 is 11.9 Å². The van der Waals surface area contributed by atoms with Crippen molar-refractivity contribution in [1.82, 2.24) is 10.3 Å². The Bertz CT molecular complexity index is 1080. The van der Waals surface area contributed by atoms with Crippen molar-refractivity contribution < 1.29 is 14.7 Å². The number of rotatable bonds is 5. The summed E-state index contributed by atoms with van der Waals surface area (Å²) in [5.41, 5.74) is 4.38. The zero-order valence-corrected chi connectivity index (χ0v) is 16.0. The van der Waals surface area contributed by atoms with Crippen LogP contribution in [0.3, 0.4) is 0 Å². The molecule has 144 valence electrons. The fourth-order valence-corrected chi connectivity index (χ4v) is 2.63. The van der Waals surface area contributed by atoms with Crippen molar-refractivity contribution in [2.24, 2.45) is 0 Å². The van der Waals surface area contributed by atoms with Gasteiger partial charge in [-0.2, -0.15) is 0 Å². The number of aryl methyl sites for hydroxylation is 1. The van der Waals surface area contributed by atoms with E-state index in [1.807, 2.05) is 19.1 Å². The van der Waals surface area contributed by atoms with Gasteiger partial charge in [-0.05, 0) is 48.2 Å². The molecule has 0 bridgehead atoms. The fourth-order valence-electron chi connectivity index (χ4n) is 2.63. The number of benzene rings is 2. The second-order valence-electron chi connectivity index (χ2n) is 6.58. The molecule has 0 aliphatic rings. The highest BCUT2D eigenvalue weighted by Gasteiger charge is 2.07. The molecular formula is C24H20N2O3. The van der Waals surface area contributed by atoms with Gasteiger partial charge < -0.3 is 10.4 Å². The van der Waals surface area contributed by atoms with Crippen molar-refractivity contribution in [3.05, 3.63) is 100 Å². The van der Waals surface area contributed by atoms with Gasteiger partial charge in [0, 0.05) is 24.7 Å². The van der Waals surface area contributed by atoms with Crippen LogP contribution in [0.1, 0.15) is 43.1 Å². The third-order valence-corrected chi connectivity index (χ3v) is 4.31. The Morgan fingerprint density at radius 1 is 0.966 bits per heavy atom. The number of carboxylic acids is 1. The van der Waals surface area contributed by atoms with Crippen LogP contribution in [0.2, 0.25) is 0 Å². The zero-order valence-electron chi connectivity index (χ0n) is 16.0. The monoisotopic (exact) mass is 384 g/mol. The Balaban J connectivity index is 1.59. The summed E-state index contributed by atoms with van der Waals surface area (Å²) in [5, 5.41) is 11.7. The van der Waals surface area contributed by atoms with E-state index in [4.69, 9.17) is 5.11 Å². The van der Waals surface area contributed by atoms with Gasteiger partial charge in [0.05, 0.1) is 5.56 Å². The number of pyridine rings is 1. The maximum absolute atomic E-state index is 12.4. The number of nitrogens with zero attached hydrogens (tertiary/aromatic N) is 1. The Labute approximate surface area is 169 Å². The Kier molecular flexibility index (Phi) is 6.39. The van der Waals surface area contributed by atoms with Crippen LogP contribution < -0.4 is 5.32 Å². The summed E-state index contributed by atoms with van der Waals surface area (Å²) in [6.07, 6.45) is 2.18. The standard InChI is InChI=1S/C24H20N2O3/c1-17-5-7-18(8-6-17)3-2-4-22-15-21(13-14-25-22)23(27)26-16-19-9-11-20(12-10-19)24(28)29/h5-15H,3,16H2,1H3,(H,26,27)(H,28,29). The first-order valence-electron chi connectivity index (χ1n) is 9.12. The Hall–Kier alpha value is -3.91. The fraction of sp³-hybridized carbons (Fsp3) is 0.125. The molecular weight excluding hydrogens is 364 g/mol. The molecule has 5 heteroatoms. The van der Waals surface area contributed by atoms with Crippen molar-refractivity contribution in [1.29, 1.82) is 0 Å². The van der Waals surface area contributed by atoms with Crippen LogP contribution in [0.5, 0.6) is 0 Å². The molecule has 5 nitrogen and oxygen atoms in total. The highest BCUT2D eigenvalue weighted by atomic mass is 16.4. The molecule has 0 aliphatic carbocycles. The van der Waals surface area contributed by atoms with Crippen molar-refractivity contribution in [2.45, 2.75) is 19.9 Å². The highest BCUT2D eigenvalue weighted by Crippen LogP contribution is 2.07. The SMILES string of the molecule is Cc1ccc(CC#Cc2cc(C(=O)NCc3ccc(C(=O)O)cc3)ccn2)cc1. The maximum Gasteiger partial charge on any atom is 0.335 e. The molecule has 29 heavy (non-hydrogen) atoms. The molecule has 0 fully saturated rings. The summed E-state index contributed by atoms with van der Waals surface area (Å²) >= 11 is 0. The van der Waals surface area contributed by atoms with Gasteiger partial charge in [0.25, 0.3) is 5.91 Å². The van der Waals surface area contributed by atoms with Crippen LogP contribution in [-0.4, -0.2) is 22.0 Å². The predicted octanol–water partition coefficient (Wildman–Crippen LogP) is 3.61. The number of hydrogen-bond acceptors (Lipinski definition) is 3. The van der Waals surface area contributed by atoms with E-state index in [0.29, 0.717) is 24.2 Å². The first-order valence-corrected chi connectivity index (χ1v) is 9.12. The smallest absolute Gasteiger partial charge is 0.335 e. The molecule has 1 amide bonds. The molecule has 3 rings (SSSR count). The van der Waals surface area contributed by atoms with Crippen LogP contribution in [0.4, 0.5) is 0 Å². The normalized spacial score (nSPS) is 9.97. The van der Waals surface area contributed by atoms with Gasteiger partial charge in [-0.3, -0.25) is 4.79 Å². The zero-order chi connectivity index (χ0) is 20.6. The topological polar surface area (TPSA) is 79.3 Å². The number of amides is 1. The van der Waals surface area contributed by atoms with Gasteiger partial charge in [0.2, 0.25) is 0 Å². The van der Waals surface area contributed by atoms with Crippen molar-refractivity contribution in [2.75, 3.05) is 0 Å². The Morgan fingerprint density at radius 2 is 1.66 bits per heavy atom. The van der Waals surface area contributed by atoms with E-state index in [-0.39, 0.29) is 11.5 Å². The van der Waals surface area contributed by atoms with Gasteiger partial charge in [-0.25, -0.2) is 9.78 Å². The van der Waals surface area contributed by atoms with Crippen molar-refractivity contribution in [3.63, 3.8) is 0 Å². The van der Waals surface area contributed by atoms with Crippen LogP contribution in [0.25, 0.3) is 0 Å². The van der Waals surface area contributed by atoms with E-state index in [2.05, 4.69) is 34.3 Å². The lowest BCUT2D eigenvalue weighted by atomic mass is 10.1. The molecule has 0 atom stereocenters. The molecule has 0 unspecified atom stereocenters. The molecule has 3 aromatic rings. The van der Waals surface area contributed by atoms with Crippen LogP contribution >= 0.6 is 0 Å². The van der Waals surface area contributed by atoms with E-state index in [1.165, 1.54) is 17.7 Å². The number of aromatic nitrogens is 1. The average molecular weight is 384 g/mol. The molecule has 0 saturated heterocycles. The van der Waals surface area contributed by atoms with Crippen LogP contribution in [-0.2, 0) is 13.0 Å². The van der Waals surface area contributed by atoms with E-state index in [0.717, 1.165) is 11.1 Å². The highest BCUT2D eigenvalue weighted by molar-refractivity contribution is 5.94. The first kappa shape index (κ1) is 19.8. The average Bonchev–Trinajstić information content (AvgIpc) is 2.74. The number of carboxylic acid groups (broad SMARTS) is 1. The largest absolute Gasteiger partial charge is 0.478 e. The van der Waals surface area contributed by atoms with Gasteiger partial charge in [-0.1, -0.05) is 47.9 Å². The van der Waals surface area contributed by atoms with E-state index in [1.54, 1.807) is 30.5 Å². The summed E-state index contributed by atoms with van der Waals surface area (Å²) in [5.74, 6) is 4.86. The van der Waals surface area contributed by atoms with Crippen molar-refractivity contribution in [3.8, 4) is 11.8 Å². The second kappa shape index (κ2) is 9.34. The number of carbonyl (C=O) groups excluding carboxylic acids is 1. The van der Waals surface area contributed by atoms with Crippen LogP contribution in [0.15, 0.2) is 66.9 Å². The number of carbonyl (C=O) groups is 2. The van der Waals surface area contributed by atoms with Gasteiger partial charge in [0.1, 0.15) is 5.69 Å². The molecule has 2 aromatic carbocycles. The summed E-state index contributed by atoms with van der Waals surface area (Å²) in [7, 11) is 0. The number of hydrogen-bond donors (Lipinski definition) is 2. The molecule has 1 heterocycles. The van der Waals surface area contributed by atoms with Gasteiger partial charge >= 0.3 is 5.97 Å². The van der Waals surface area contributed by atoms with Crippen LogP contribution in [0, 0.1) is 18.8 Å². The minimum atomic E-state index is -0.978. The quantitative estimate of drug-likeness (QED) is 0.659. The third-order valence-electron chi connectivity index (χ3n) is 4.31. The minimum absolute atomic E-state index is 0.211. The van der Waals surface area contributed by atoms with E-state index >= 15 is 0 Å². The lowest BCUT2D eigenvalue weighted by Crippen LogP contribution is -2.23. The number of nitrogens with one attached hydrogen (secondary N) is 1. The third kappa shape index (κ3) is 5.78. The molecule has 0 saturated carbocycles. The van der Waals surface area contributed by atoms with E-state index < -0.39 is 5.97 Å². The first-order chi connectivity index (χ1) is 14.0. The summed E-state index contributed by atoms with van der Waals surface area (Å²) in [4.78, 5) is 27.5. The van der Waals surface area contributed by atoms with E-state index in [9.17, 15) is 9.59 Å². The molecule has 2 N–H and O–H groups in total. The Morgan fingerprint density at radius 3 is 2.34 bits per heavy atom. The molecule has 0 aliphatic heterocycles. The van der Waals surface area contributed by atoms with Gasteiger partial charge in [0.15, 0.2) is 0 Å². The lowest BCUT2D eigenvalue weighted by Gasteiger charge is -2.06. The molecule has 0 spiro atoms. The summed E-state index contributed by atoms with van der Waals surface area (Å²) in [6, 6.07) is 17.9. The maximum atomic E-state index is 12.4. The molecule has 0 radical (unpaired) electrons. The summed E-state index contributed by atoms with van der Waals surface area (Å²) < 4.78 is 0. The summed E-state index contributed by atoms with van der Waals surface area (Å²) in [6.45, 7) is 2.34. The molecule has 1 aromatic heterocycles. The minimum Gasteiger partial charge on any atom is -0.478 e. The lowest BCUT2D eigenvalue weighted by molar-refractivity contribution is 0.0696. The predicted molar refractivity (Wildman–Crippen MR) is 111 cm³/mol. The van der Waals surface area contributed by atoms with Gasteiger partial charge in [-0.15, -0.1) is 0 Å². The second-order valence-corrected chi connectivity index (χ2v) is 6.58.